The summed E-state index contributed by atoms with van der Waals surface area (Å²) in [5.41, 5.74) is 1.69. The first-order valence-electron chi connectivity index (χ1n) is 7.14. The summed E-state index contributed by atoms with van der Waals surface area (Å²) in [6.45, 7) is 0.469. The van der Waals surface area contributed by atoms with Crippen molar-refractivity contribution in [3.8, 4) is 11.4 Å². The van der Waals surface area contributed by atoms with Crippen molar-refractivity contribution in [1.82, 2.24) is 19.9 Å². The molecule has 2 heterocycles. The highest BCUT2D eigenvalue weighted by atomic mass is 35.6. The van der Waals surface area contributed by atoms with Crippen LogP contribution in [0.5, 0.6) is 0 Å². The molecule has 0 aliphatic rings. The molecule has 1 aromatic carbocycles. The molecule has 1 N–H and O–H groups in total. The number of nitrogens with zero attached hydrogens (tertiary/aromatic N) is 4. The minimum absolute atomic E-state index is 0.0335. The van der Waals surface area contributed by atoms with Gasteiger partial charge in [0, 0.05) is 29.5 Å². The molecular formula is C16H11Cl4N5. The van der Waals surface area contributed by atoms with Gasteiger partial charge in [-0.25, -0.2) is 4.98 Å². The Morgan fingerprint density at radius 2 is 1.72 bits per heavy atom. The van der Waals surface area contributed by atoms with Gasteiger partial charge in [0.2, 0.25) is 9.74 Å². The first-order valence-corrected chi connectivity index (χ1v) is 8.65. The van der Waals surface area contributed by atoms with Crippen LogP contribution in [-0.4, -0.2) is 19.9 Å². The smallest absolute Gasteiger partial charge is 0.250 e. The molecule has 3 rings (SSSR count). The van der Waals surface area contributed by atoms with Crippen LogP contribution in [-0.2, 0) is 10.3 Å². The van der Waals surface area contributed by atoms with Gasteiger partial charge in [-0.05, 0) is 35.9 Å². The Kier molecular flexibility index (Phi) is 5.59. The molecule has 2 aromatic heterocycles. The first kappa shape index (κ1) is 18.1. The molecular weight excluding hydrogens is 404 g/mol. The van der Waals surface area contributed by atoms with Gasteiger partial charge in [-0.15, -0.1) is 0 Å². The van der Waals surface area contributed by atoms with Crippen LogP contribution in [0.1, 0.15) is 11.4 Å². The van der Waals surface area contributed by atoms with Gasteiger partial charge in [0.05, 0.1) is 0 Å². The largest absolute Gasteiger partial charge is 0.350 e. The molecule has 128 valence electrons. The van der Waals surface area contributed by atoms with E-state index in [4.69, 9.17) is 46.4 Å². The lowest BCUT2D eigenvalue weighted by Gasteiger charge is -2.13. The zero-order valence-corrected chi connectivity index (χ0v) is 15.7. The van der Waals surface area contributed by atoms with Crippen molar-refractivity contribution < 1.29 is 0 Å². The Morgan fingerprint density at radius 3 is 2.36 bits per heavy atom. The van der Waals surface area contributed by atoms with Gasteiger partial charge in [-0.3, -0.25) is 4.98 Å². The Bertz CT molecular complexity index is 851. The van der Waals surface area contributed by atoms with Gasteiger partial charge >= 0.3 is 0 Å². The zero-order valence-electron chi connectivity index (χ0n) is 12.6. The van der Waals surface area contributed by atoms with E-state index in [0.29, 0.717) is 23.3 Å². The summed E-state index contributed by atoms with van der Waals surface area (Å²) in [6, 6.07) is 10.8. The summed E-state index contributed by atoms with van der Waals surface area (Å²) >= 11 is 23.8. The Labute approximate surface area is 164 Å². The van der Waals surface area contributed by atoms with Gasteiger partial charge in [0.25, 0.3) is 0 Å². The Balaban J connectivity index is 1.94. The fourth-order valence-electron chi connectivity index (χ4n) is 1.99. The van der Waals surface area contributed by atoms with E-state index < -0.39 is 3.79 Å². The summed E-state index contributed by atoms with van der Waals surface area (Å²) in [7, 11) is 0. The standard InChI is InChI=1S/C16H11Cl4N5/c17-12-5-3-11(4-6-12)13-23-14(16(18,19)20)25-15(24-13)22-9-10-2-1-7-21-8-10/h1-8H,9H2,(H,22,23,24,25). The molecule has 0 radical (unpaired) electrons. The van der Waals surface area contributed by atoms with Gasteiger partial charge in [0.1, 0.15) is 0 Å². The van der Waals surface area contributed by atoms with E-state index in [1.807, 2.05) is 12.1 Å². The number of nitrogens with one attached hydrogen (secondary N) is 1. The van der Waals surface area contributed by atoms with E-state index in [1.165, 1.54) is 0 Å². The highest BCUT2D eigenvalue weighted by Gasteiger charge is 2.28. The minimum atomic E-state index is -1.77. The lowest BCUT2D eigenvalue weighted by Crippen LogP contribution is -2.13. The molecule has 0 amide bonds. The van der Waals surface area contributed by atoms with E-state index in [1.54, 1.807) is 36.7 Å². The second-order valence-corrected chi connectivity index (χ2v) is 7.74. The maximum atomic E-state index is 5.95. The molecule has 9 heteroatoms. The van der Waals surface area contributed by atoms with Crippen LogP contribution in [0, 0.1) is 0 Å². The monoisotopic (exact) mass is 413 g/mol. The van der Waals surface area contributed by atoms with Gasteiger partial charge in [-0.1, -0.05) is 52.5 Å². The second-order valence-electron chi connectivity index (χ2n) is 5.03. The topological polar surface area (TPSA) is 63.6 Å². The molecule has 0 atom stereocenters. The molecule has 0 unspecified atom stereocenters. The predicted octanol–water partition coefficient (Wildman–Crippen LogP) is 5.03. The molecule has 0 bridgehead atoms. The third-order valence-corrected chi connectivity index (χ3v) is 3.92. The summed E-state index contributed by atoms with van der Waals surface area (Å²) in [6.07, 6.45) is 3.44. The lowest BCUT2D eigenvalue weighted by atomic mass is 10.2. The van der Waals surface area contributed by atoms with E-state index >= 15 is 0 Å². The SMILES string of the molecule is Clc1ccc(-c2nc(NCc3cccnc3)nc(C(Cl)(Cl)Cl)n2)cc1. The molecule has 0 saturated heterocycles. The third-order valence-electron chi connectivity index (χ3n) is 3.16. The van der Waals surface area contributed by atoms with Crippen LogP contribution < -0.4 is 5.32 Å². The van der Waals surface area contributed by atoms with Crippen molar-refractivity contribution in [3.63, 3.8) is 0 Å². The predicted molar refractivity (Wildman–Crippen MR) is 101 cm³/mol. The summed E-state index contributed by atoms with van der Waals surface area (Å²) in [5.74, 6) is 0.706. The Morgan fingerprint density at radius 1 is 0.960 bits per heavy atom. The molecule has 0 spiro atoms. The first-order chi connectivity index (χ1) is 11.9. The molecule has 25 heavy (non-hydrogen) atoms. The molecule has 0 saturated carbocycles. The second kappa shape index (κ2) is 7.70. The number of hydrogen-bond acceptors (Lipinski definition) is 5. The van der Waals surface area contributed by atoms with Crippen LogP contribution in [0.4, 0.5) is 5.95 Å². The molecule has 0 aliphatic heterocycles. The van der Waals surface area contributed by atoms with E-state index in [9.17, 15) is 0 Å². The van der Waals surface area contributed by atoms with E-state index in [-0.39, 0.29) is 5.82 Å². The summed E-state index contributed by atoms with van der Waals surface area (Å²) < 4.78 is -1.77. The third kappa shape index (κ3) is 4.92. The number of rotatable bonds is 4. The van der Waals surface area contributed by atoms with Gasteiger partial charge < -0.3 is 5.32 Å². The number of benzene rings is 1. The van der Waals surface area contributed by atoms with Crippen LogP contribution in [0.25, 0.3) is 11.4 Å². The van der Waals surface area contributed by atoms with Crippen molar-refractivity contribution in [1.29, 1.82) is 0 Å². The fourth-order valence-corrected chi connectivity index (χ4v) is 2.37. The van der Waals surface area contributed by atoms with Crippen LogP contribution >= 0.6 is 46.4 Å². The number of pyridine rings is 1. The average molecular weight is 415 g/mol. The van der Waals surface area contributed by atoms with Gasteiger partial charge in [-0.2, -0.15) is 9.97 Å². The van der Waals surface area contributed by atoms with E-state index in [2.05, 4.69) is 25.3 Å². The number of anilines is 1. The maximum absolute atomic E-state index is 5.95. The van der Waals surface area contributed by atoms with Crippen molar-refractivity contribution >= 4 is 52.4 Å². The number of alkyl halides is 3. The summed E-state index contributed by atoms with van der Waals surface area (Å²) in [5, 5.41) is 3.70. The normalized spacial score (nSPS) is 11.4. The molecule has 5 nitrogen and oxygen atoms in total. The molecule has 3 aromatic rings. The van der Waals surface area contributed by atoms with Crippen LogP contribution in [0.15, 0.2) is 48.8 Å². The van der Waals surface area contributed by atoms with Crippen molar-refractivity contribution in [3.05, 3.63) is 65.2 Å². The van der Waals surface area contributed by atoms with Crippen molar-refractivity contribution in [2.75, 3.05) is 5.32 Å². The Hall–Kier alpha value is -1.66. The number of hydrogen-bond donors (Lipinski definition) is 1. The number of aromatic nitrogens is 4. The zero-order chi connectivity index (χ0) is 17.9. The minimum Gasteiger partial charge on any atom is -0.350 e. The summed E-state index contributed by atoms with van der Waals surface area (Å²) in [4.78, 5) is 16.9. The van der Waals surface area contributed by atoms with Crippen molar-refractivity contribution in [2.24, 2.45) is 0 Å². The quantitative estimate of drug-likeness (QED) is 0.606. The van der Waals surface area contributed by atoms with Crippen molar-refractivity contribution in [2.45, 2.75) is 10.3 Å². The van der Waals surface area contributed by atoms with Gasteiger partial charge in [0.15, 0.2) is 11.6 Å². The van der Waals surface area contributed by atoms with E-state index in [0.717, 1.165) is 11.1 Å². The van der Waals surface area contributed by atoms with Crippen LogP contribution in [0.3, 0.4) is 0 Å². The lowest BCUT2D eigenvalue weighted by molar-refractivity contribution is 0.912. The number of halogens is 4. The molecule has 0 fully saturated rings. The highest BCUT2D eigenvalue weighted by Crippen LogP contribution is 2.36. The van der Waals surface area contributed by atoms with Crippen LogP contribution in [0.2, 0.25) is 5.02 Å². The molecule has 0 aliphatic carbocycles. The average Bonchev–Trinajstić information content (AvgIpc) is 2.60. The maximum Gasteiger partial charge on any atom is 0.250 e. The fraction of sp³-hybridized carbons (Fsp3) is 0.125. The highest BCUT2D eigenvalue weighted by molar-refractivity contribution is 6.66.